The van der Waals surface area contributed by atoms with Crippen molar-refractivity contribution in [3.05, 3.63) is 18.2 Å². The van der Waals surface area contributed by atoms with Gasteiger partial charge in [-0.15, -0.1) is 0 Å². The lowest BCUT2D eigenvalue weighted by atomic mass is 9.97. The molecule has 0 atom stereocenters. The number of amides is 3. The molecular weight excluding hydrogens is 378 g/mol. The summed E-state index contributed by atoms with van der Waals surface area (Å²) in [5, 5.41) is 4.94. The van der Waals surface area contributed by atoms with E-state index in [9.17, 15) is 14.4 Å². The summed E-state index contributed by atoms with van der Waals surface area (Å²) < 4.78 is 15.8. The molecule has 0 saturated carbocycles. The fourth-order valence-electron chi connectivity index (χ4n) is 3.15. The van der Waals surface area contributed by atoms with Gasteiger partial charge in [0.25, 0.3) is 0 Å². The van der Waals surface area contributed by atoms with Crippen LogP contribution in [0.4, 0.5) is 10.5 Å². The Bertz CT molecular complexity index is 716. The van der Waals surface area contributed by atoms with Crippen LogP contribution in [0.5, 0.6) is 11.5 Å². The number of piperidine rings is 1. The highest BCUT2D eigenvalue weighted by Crippen LogP contribution is 2.30. The number of methoxy groups -OCH3 is 1. The Kier molecular flexibility index (Phi) is 8.72. The number of benzene rings is 1. The van der Waals surface area contributed by atoms with E-state index in [0.29, 0.717) is 56.3 Å². The van der Waals surface area contributed by atoms with Gasteiger partial charge in [0, 0.05) is 11.8 Å². The summed E-state index contributed by atoms with van der Waals surface area (Å²) in [6, 6.07) is 4.41. The van der Waals surface area contributed by atoms with Gasteiger partial charge in [-0.3, -0.25) is 19.8 Å². The second-order valence-electron chi connectivity index (χ2n) is 6.60. The number of urea groups is 1. The molecule has 0 bridgehead atoms. The van der Waals surface area contributed by atoms with Crippen LogP contribution >= 0.6 is 0 Å². The molecule has 0 aromatic heterocycles. The van der Waals surface area contributed by atoms with E-state index >= 15 is 0 Å². The molecule has 1 fully saturated rings. The Morgan fingerprint density at radius 3 is 2.34 bits per heavy atom. The van der Waals surface area contributed by atoms with E-state index in [0.717, 1.165) is 0 Å². The van der Waals surface area contributed by atoms with Crippen LogP contribution in [-0.2, 0) is 14.3 Å². The first-order chi connectivity index (χ1) is 14.0. The SMILES string of the molecule is CCOc1ccc(NC(=O)NC(=O)CN2CCC(C(=O)OC)CC2)cc1OCC. The highest BCUT2D eigenvalue weighted by atomic mass is 16.5. The van der Waals surface area contributed by atoms with Crippen LogP contribution in [0.1, 0.15) is 26.7 Å². The molecule has 0 unspecified atom stereocenters. The molecule has 3 amide bonds. The van der Waals surface area contributed by atoms with Crippen molar-refractivity contribution in [1.82, 2.24) is 10.2 Å². The molecule has 2 N–H and O–H groups in total. The largest absolute Gasteiger partial charge is 0.490 e. The first-order valence-corrected chi connectivity index (χ1v) is 9.77. The van der Waals surface area contributed by atoms with Gasteiger partial charge in [-0.05, 0) is 51.9 Å². The number of nitrogens with one attached hydrogen (secondary N) is 2. The van der Waals surface area contributed by atoms with E-state index in [-0.39, 0.29) is 18.4 Å². The highest BCUT2D eigenvalue weighted by Gasteiger charge is 2.26. The van der Waals surface area contributed by atoms with Crippen LogP contribution in [-0.4, -0.2) is 62.8 Å². The van der Waals surface area contributed by atoms with Crippen LogP contribution in [0, 0.1) is 5.92 Å². The predicted octanol–water partition coefficient (Wildman–Crippen LogP) is 2.02. The molecule has 1 aliphatic rings. The van der Waals surface area contributed by atoms with Crippen LogP contribution in [0.3, 0.4) is 0 Å². The fraction of sp³-hybridized carbons (Fsp3) is 0.550. The Morgan fingerprint density at radius 1 is 1.07 bits per heavy atom. The molecule has 1 aliphatic heterocycles. The Labute approximate surface area is 170 Å². The molecule has 1 heterocycles. The van der Waals surface area contributed by atoms with Gasteiger partial charge in [0.2, 0.25) is 5.91 Å². The number of hydrogen-bond donors (Lipinski definition) is 2. The number of nitrogens with zero attached hydrogens (tertiary/aromatic N) is 1. The zero-order valence-electron chi connectivity index (χ0n) is 17.2. The van der Waals surface area contributed by atoms with Gasteiger partial charge < -0.3 is 19.5 Å². The Morgan fingerprint density at radius 2 is 1.72 bits per heavy atom. The van der Waals surface area contributed by atoms with Crippen LogP contribution in [0.25, 0.3) is 0 Å². The van der Waals surface area contributed by atoms with Crippen LogP contribution in [0.15, 0.2) is 18.2 Å². The Balaban J connectivity index is 1.82. The molecule has 1 saturated heterocycles. The summed E-state index contributed by atoms with van der Waals surface area (Å²) in [4.78, 5) is 37.7. The topological polar surface area (TPSA) is 106 Å². The van der Waals surface area contributed by atoms with Gasteiger partial charge in [-0.1, -0.05) is 0 Å². The highest BCUT2D eigenvalue weighted by molar-refractivity contribution is 6.01. The Hall–Kier alpha value is -2.81. The van der Waals surface area contributed by atoms with E-state index in [1.54, 1.807) is 18.2 Å². The van der Waals surface area contributed by atoms with Crippen molar-refractivity contribution in [3.8, 4) is 11.5 Å². The molecule has 0 radical (unpaired) electrons. The number of esters is 1. The lowest BCUT2D eigenvalue weighted by Gasteiger charge is -2.29. The van der Waals surface area contributed by atoms with Crippen molar-refractivity contribution in [2.24, 2.45) is 5.92 Å². The number of rotatable bonds is 8. The van der Waals surface area contributed by atoms with Gasteiger partial charge in [0.1, 0.15) is 0 Å². The van der Waals surface area contributed by atoms with Crippen molar-refractivity contribution in [2.75, 3.05) is 45.3 Å². The predicted molar refractivity (Wildman–Crippen MR) is 107 cm³/mol. The molecule has 0 aliphatic carbocycles. The van der Waals surface area contributed by atoms with Gasteiger partial charge >= 0.3 is 12.0 Å². The second kappa shape index (κ2) is 11.3. The van der Waals surface area contributed by atoms with Crippen molar-refractivity contribution in [3.63, 3.8) is 0 Å². The van der Waals surface area contributed by atoms with Crippen LogP contribution < -0.4 is 20.1 Å². The first kappa shape index (κ1) is 22.5. The molecule has 0 spiro atoms. The third-order valence-electron chi connectivity index (χ3n) is 4.54. The van der Waals surface area contributed by atoms with Crippen molar-refractivity contribution in [2.45, 2.75) is 26.7 Å². The minimum Gasteiger partial charge on any atom is -0.490 e. The monoisotopic (exact) mass is 407 g/mol. The number of imide groups is 1. The zero-order valence-corrected chi connectivity index (χ0v) is 17.2. The number of anilines is 1. The summed E-state index contributed by atoms with van der Waals surface area (Å²) in [6.07, 6.45) is 1.27. The van der Waals surface area contributed by atoms with Gasteiger partial charge in [-0.2, -0.15) is 0 Å². The van der Waals surface area contributed by atoms with E-state index in [4.69, 9.17) is 14.2 Å². The summed E-state index contributed by atoms with van der Waals surface area (Å²) in [5.74, 6) is 0.366. The summed E-state index contributed by atoms with van der Waals surface area (Å²) in [5.41, 5.74) is 0.487. The molecule has 29 heavy (non-hydrogen) atoms. The summed E-state index contributed by atoms with van der Waals surface area (Å²) in [6.45, 7) is 5.99. The van der Waals surface area contributed by atoms with Gasteiger partial charge in [0.15, 0.2) is 11.5 Å². The third kappa shape index (κ3) is 6.94. The maximum atomic E-state index is 12.1. The normalized spacial score (nSPS) is 14.7. The number of likely N-dealkylation sites (tertiary alicyclic amines) is 1. The van der Waals surface area contributed by atoms with Crippen molar-refractivity contribution < 1.29 is 28.6 Å². The van der Waals surface area contributed by atoms with E-state index in [1.165, 1.54) is 7.11 Å². The number of carbonyl (C=O) groups is 3. The standard InChI is InChI=1S/C20H29N3O6/c1-4-28-16-7-6-15(12-17(16)29-5-2)21-20(26)22-18(24)13-23-10-8-14(9-11-23)19(25)27-3/h6-7,12,14H,4-5,8-11,13H2,1-3H3,(H2,21,22,24,26). The molecule has 1 aromatic carbocycles. The molecule has 1 aromatic rings. The minimum atomic E-state index is -0.619. The third-order valence-corrected chi connectivity index (χ3v) is 4.54. The van der Waals surface area contributed by atoms with E-state index in [2.05, 4.69) is 10.6 Å². The van der Waals surface area contributed by atoms with Crippen molar-refractivity contribution >= 4 is 23.6 Å². The molecule has 9 nitrogen and oxygen atoms in total. The molecule has 9 heteroatoms. The lowest BCUT2D eigenvalue weighted by Crippen LogP contribution is -2.45. The van der Waals surface area contributed by atoms with Gasteiger partial charge in [0.05, 0.1) is 32.8 Å². The zero-order chi connectivity index (χ0) is 21.2. The quantitative estimate of drug-likeness (QED) is 0.635. The number of ether oxygens (including phenoxy) is 3. The molecule has 2 rings (SSSR count). The molecule has 160 valence electrons. The van der Waals surface area contributed by atoms with Gasteiger partial charge in [-0.25, -0.2) is 4.79 Å². The molecular formula is C20H29N3O6. The van der Waals surface area contributed by atoms with Crippen LogP contribution in [0.2, 0.25) is 0 Å². The average molecular weight is 407 g/mol. The van der Waals surface area contributed by atoms with Crippen molar-refractivity contribution in [1.29, 1.82) is 0 Å². The number of hydrogen-bond acceptors (Lipinski definition) is 7. The maximum Gasteiger partial charge on any atom is 0.325 e. The summed E-state index contributed by atoms with van der Waals surface area (Å²) in [7, 11) is 1.38. The smallest absolute Gasteiger partial charge is 0.325 e. The first-order valence-electron chi connectivity index (χ1n) is 9.77. The maximum absolute atomic E-state index is 12.1. The van der Waals surface area contributed by atoms with E-state index in [1.807, 2.05) is 18.7 Å². The second-order valence-corrected chi connectivity index (χ2v) is 6.60. The van der Waals surface area contributed by atoms with E-state index < -0.39 is 11.9 Å². The lowest BCUT2D eigenvalue weighted by molar-refractivity contribution is -0.147. The fourth-order valence-corrected chi connectivity index (χ4v) is 3.15. The minimum absolute atomic E-state index is 0.0920. The summed E-state index contributed by atoms with van der Waals surface area (Å²) >= 11 is 0. The number of carbonyl (C=O) groups excluding carboxylic acids is 3. The average Bonchev–Trinajstić information content (AvgIpc) is 2.70.